The van der Waals surface area contributed by atoms with Crippen LogP contribution in [0.3, 0.4) is 0 Å². The lowest BCUT2D eigenvalue weighted by Gasteiger charge is -2.09. The van der Waals surface area contributed by atoms with Gasteiger partial charge in [-0.15, -0.1) is 0 Å². The number of hydrogen-bond acceptors (Lipinski definition) is 2. The molecule has 4 heteroatoms. The third-order valence-corrected chi connectivity index (χ3v) is 2.96. The summed E-state index contributed by atoms with van der Waals surface area (Å²) in [5.41, 5.74) is 0. The van der Waals surface area contributed by atoms with Gasteiger partial charge in [0.25, 0.3) is 0 Å². The number of nitrogens with zero attached hydrogens (tertiary/aromatic N) is 3. The zero-order valence-electron chi connectivity index (χ0n) is 9.06. The largest absolute Gasteiger partial charge is 0.313 e. The summed E-state index contributed by atoms with van der Waals surface area (Å²) in [4.78, 5) is 6.35. The molecular formula is C10H16N3S+. The standard InChI is InChI=1S/C10H16N3S/c1-12(2)10(13(3)4)14-9-7-5-6-8-11-9/h5-8H,1-4H3/q+1. The second-order valence-electron chi connectivity index (χ2n) is 3.34. The van der Waals surface area contributed by atoms with E-state index < -0.39 is 0 Å². The number of aromatic nitrogens is 1. The van der Waals surface area contributed by atoms with Gasteiger partial charge in [0.15, 0.2) is 0 Å². The summed E-state index contributed by atoms with van der Waals surface area (Å²) >= 11 is 1.66. The zero-order chi connectivity index (χ0) is 10.6. The van der Waals surface area contributed by atoms with Crippen molar-refractivity contribution in [3.05, 3.63) is 24.4 Å². The Balaban J connectivity index is 2.82. The average Bonchev–Trinajstić information content (AvgIpc) is 2.15. The molecule has 76 valence electrons. The minimum absolute atomic E-state index is 1.02. The highest BCUT2D eigenvalue weighted by molar-refractivity contribution is 8.13. The molecule has 0 amide bonds. The maximum Gasteiger partial charge on any atom is 0.313 e. The molecule has 0 aliphatic carbocycles. The van der Waals surface area contributed by atoms with Gasteiger partial charge in [0.1, 0.15) is 5.03 Å². The molecule has 0 aromatic carbocycles. The molecule has 0 fully saturated rings. The predicted molar refractivity (Wildman–Crippen MR) is 60.9 cm³/mol. The van der Waals surface area contributed by atoms with E-state index in [0.29, 0.717) is 0 Å². The Labute approximate surface area is 89.5 Å². The van der Waals surface area contributed by atoms with E-state index in [-0.39, 0.29) is 0 Å². The second-order valence-corrected chi connectivity index (χ2v) is 4.33. The number of rotatable bonds is 1. The molecule has 0 atom stereocenters. The van der Waals surface area contributed by atoms with Crippen molar-refractivity contribution in [3.63, 3.8) is 0 Å². The Morgan fingerprint density at radius 1 is 1.36 bits per heavy atom. The predicted octanol–water partition coefficient (Wildman–Crippen LogP) is 1.36. The molecule has 0 saturated heterocycles. The SMILES string of the molecule is CN(C)C(Sc1ccccn1)=[N+](C)C. The molecule has 0 spiro atoms. The molecule has 1 rings (SSSR count). The van der Waals surface area contributed by atoms with Gasteiger partial charge in [0.2, 0.25) is 0 Å². The van der Waals surface area contributed by atoms with Crippen molar-refractivity contribution in [3.8, 4) is 0 Å². The van der Waals surface area contributed by atoms with Gasteiger partial charge in [0.05, 0.1) is 28.2 Å². The normalized spacial score (nSPS) is 9.71. The van der Waals surface area contributed by atoms with Crippen LogP contribution in [0, 0.1) is 0 Å². The molecule has 0 unspecified atom stereocenters. The monoisotopic (exact) mass is 210 g/mol. The summed E-state index contributed by atoms with van der Waals surface area (Å²) in [6, 6.07) is 5.94. The molecule has 0 bridgehead atoms. The minimum Gasteiger partial charge on any atom is -0.261 e. The van der Waals surface area contributed by atoms with Gasteiger partial charge in [-0.2, -0.15) is 0 Å². The van der Waals surface area contributed by atoms with Crippen LogP contribution in [-0.4, -0.2) is 47.8 Å². The molecular weight excluding hydrogens is 194 g/mol. The fraction of sp³-hybridized carbons (Fsp3) is 0.400. The van der Waals surface area contributed by atoms with Crippen LogP contribution in [0.2, 0.25) is 0 Å². The van der Waals surface area contributed by atoms with Crippen LogP contribution in [0.1, 0.15) is 0 Å². The van der Waals surface area contributed by atoms with Crippen LogP contribution < -0.4 is 0 Å². The van der Waals surface area contributed by atoms with E-state index >= 15 is 0 Å². The molecule has 1 aromatic rings. The first-order valence-electron chi connectivity index (χ1n) is 4.41. The summed E-state index contributed by atoms with van der Waals surface area (Å²) in [7, 11) is 8.13. The van der Waals surface area contributed by atoms with E-state index in [9.17, 15) is 0 Å². The van der Waals surface area contributed by atoms with Crippen LogP contribution in [0.25, 0.3) is 0 Å². The van der Waals surface area contributed by atoms with Crippen molar-refractivity contribution in [1.82, 2.24) is 9.88 Å². The lowest BCUT2D eigenvalue weighted by atomic mass is 10.5. The summed E-state index contributed by atoms with van der Waals surface area (Å²) < 4.78 is 2.08. The van der Waals surface area contributed by atoms with Crippen molar-refractivity contribution in [1.29, 1.82) is 0 Å². The summed E-state index contributed by atoms with van der Waals surface area (Å²) in [6.45, 7) is 0. The highest BCUT2D eigenvalue weighted by atomic mass is 32.2. The maximum absolute atomic E-state index is 4.27. The average molecular weight is 210 g/mol. The van der Waals surface area contributed by atoms with Crippen molar-refractivity contribution in [2.75, 3.05) is 28.2 Å². The number of pyridine rings is 1. The Morgan fingerprint density at radius 3 is 2.50 bits per heavy atom. The number of thioether (sulfide) groups is 1. The smallest absolute Gasteiger partial charge is 0.261 e. The molecule has 1 heterocycles. The molecule has 0 N–H and O–H groups in total. The quantitative estimate of drug-likeness (QED) is 0.302. The van der Waals surface area contributed by atoms with Crippen molar-refractivity contribution in [2.45, 2.75) is 5.03 Å². The molecule has 0 aliphatic heterocycles. The van der Waals surface area contributed by atoms with Crippen LogP contribution in [-0.2, 0) is 0 Å². The summed E-state index contributed by atoms with van der Waals surface area (Å²) in [5, 5.41) is 2.19. The van der Waals surface area contributed by atoms with E-state index in [1.807, 2.05) is 52.6 Å². The Morgan fingerprint density at radius 2 is 2.07 bits per heavy atom. The summed E-state index contributed by atoms with van der Waals surface area (Å²) in [6.07, 6.45) is 1.81. The van der Waals surface area contributed by atoms with E-state index in [1.165, 1.54) is 5.17 Å². The highest BCUT2D eigenvalue weighted by Crippen LogP contribution is 2.16. The topological polar surface area (TPSA) is 19.1 Å². The van der Waals surface area contributed by atoms with Crippen molar-refractivity contribution >= 4 is 16.9 Å². The van der Waals surface area contributed by atoms with Gasteiger partial charge in [0, 0.05) is 18.0 Å². The third-order valence-electron chi connectivity index (χ3n) is 1.60. The lowest BCUT2D eigenvalue weighted by molar-refractivity contribution is -0.466. The third kappa shape index (κ3) is 3.03. The molecule has 0 aliphatic rings. The molecule has 0 saturated carbocycles. The first-order valence-corrected chi connectivity index (χ1v) is 5.23. The van der Waals surface area contributed by atoms with Crippen LogP contribution in [0.5, 0.6) is 0 Å². The Hall–Kier alpha value is -1.03. The first kappa shape index (κ1) is 11.0. The van der Waals surface area contributed by atoms with E-state index in [0.717, 1.165) is 5.03 Å². The molecule has 14 heavy (non-hydrogen) atoms. The van der Waals surface area contributed by atoms with Crippen LogP contribution in [0.4, 0.5) is 0 Å². The van der Waals surface area contributed by atoms with E-state index in [2.05, 4.69) is 14.5 Å². The Kier molecular flexibility index (Phi) is 3.95. The fourth-order valence-electron chi connectivity index (χ4n) is 1.08. The van der Waals surface area contributed by atoms with Crippen LogP contribution in [0.15, 0.2) is 29.4 Å². The molecule has 1 aromatic heterocycles. The number of amidine groups is 1. The fourth-order valence-corrected chi connectivity index (χ4v) is 1.90. The van der Waals surface area contributed by atoms with E-state index in [1.54, 1.807) is 11.8 Å². The molecule has 3 nitrogen and oxygen atoms in total. The van der Waals surface area contributed by atoms with Crippen LogP contribution >= 0.6 is 11.8 Å². The van der Waals surface area contributed by atoms with Gasteiger partial charge < -0.3 is 0 Å². The van der Waals surface area contributed by atoms with Gasteiger partial charge in [-0.3, -0.25) is 9.48 Å². The highest BCUT2D eigenvalue weighted by Gasteiger charge is 2.13. The summed E-state index contributed by atoms with van der Waals surface area (Å²) in [5.74, 6) is 0. The second kappa shape index (κ2) is 5.00. The molecule has 0 radical (unpaired) electrons. The van der Waals surface area contributed by atoms with Gasteiger partial charge in [-0.25, -0.2) is 4.98 Å². The number of hydrogen-bond donors (Lipinski definition) is 0. The first-order chi connectivity index (χ1) is 6.61. The van der Waals surface area contributed by atoms with Gasteiger partial charge in [-0.05, 0) is 12.1 Å². The lowest BCUT2D eigenvalue weighted by Crippen LogP contribution is -2.26. The van der Waals surface area contributed by atoms with Gasteiger partial charge >= 0.3 is 5.17 Å². The van der Waals surface area contributed by atoms with Crippen molar-refractivity contribution < 1.29 is 4.58 Å². The maximum atomic E-state index is 4.27. The van der Waals surface area contributed by atoms with Gasteiger partial charge in [-0.1, -0.05) is 6.07 Å². The van der Waals surface area contributed by atoms with E-state index in [4.69, 9.17) is 0 Å². The zero-order valence-corrected chi connectivity index (χ0v) is 9.88. The minimum atomic E-state index is 1.02. The van der Waals surface area contributed by atoms with Crippen molar-refractivity contribution in [2.24, 2.45) is 0 Å². The Bertz CT molecular complexity index is 315.